The number of benzene rings is 1. The molecule has 8 heteroatoms. The molecule has 0 aliphatic carbocycles. The molecule has 0 bridgehead atoms. The van der Waals surface area contributed by atoms with Crippen LogP contribution in [0, 0.1) is 10.1 Å². The first-order chi connectivity index (χ1) is 8.08. The van der Waals surface area contributed by atoms with Crippen LogP contribution in [0.1, 0.15) is 11.7 Å². The number of rotatable bonds is 2. The van der Waals surface area contributed by atoms with Gasteiger partial charge in [-0.25, -0.2) is 0 Å². The van der Waals surface area contributed by atoms with Gasteiger partial charge in [-0.1, -0.05) is 0 Å². The van der Waals surface area contributed by atoms with Gasteiger partial charge in [-0.15, -0.1) is 0 Å². The third-order valence-electron chi connectivity index (χ3n) is 2.36. The maximum absolute atomic E-state index is 11.1. The van der Waals surface area contributed by atoms with Gasteiger partial charge in [0.1, 0.15) is 6.10 Å². The average molecular weight is 258 g/mol. The molecule has 1 aliphatic heterocycles. The Hall–Kier alpha value is -1.35. The van der Waals surface area contributed by atoms with Gasteiger partial charge in [-0.05, 0) is 17.7 Å². The van der Waals surface area contributed by atoms with Gasteiger partial charge in [-0.3, -0.25) is 18.5 Å². The highest BCUT2D eigenvalue weighted by atomic mass is 32.2. The Morgan fingerprint density at radius 2 is 2.06 bits per heavy atom. The number of non-ortho nitro benzene ring substituents is 1. The van der Waals surface area contributed by atoms with Crippen molar-refractivity contribution < 1.29 is 17.5 Å². The molecule has 1 fully saturated rings. The summed E-state index contributed by atoms with van der Waals surface area (Å²) in [6.07, 6.45) is -0.578. The second kappa shape index (κ2) is 4.88. The van der Waals surface area contributed by atoms with Crippen LogP contribution in [0.15, 0.2) is 24.3 Å². The standard InChI is InChI=1S/C9H10N2O5S/c10-8-5-15-17(14)16-9(8)6-1-3-7(4-2-6)11(12)13/h1-4,8-9H,5,10H2/t8-,9-,17+/m1/s1. The summed E-state index contributed by atoms with van der Waals surface area (Å²) in [7, 11) is 0. The zero-order valence-corrected chi connectivity index (χ0v) is 9.46. The first kappa shape index (κ1) is 12.1. The third-order valence-corrected chi connectivity index (χ3v) is 3.05. The van der Waals surface area contributed by atoms with E-state index in [1.165, 1.54) is 24.3 Å². The van der Waals surface area contributed by atoms with Crippen molar-refractivity contribution in [1.29, 1.82) is 0 Å². The highest BCUT2D eigenvalue weighted by Gasteiger charge is 2.29. The second-order valence-electron chi connectivity index (χ2n) is 3.52. The van der Waals surface area contributed by atoms with E-state index in [0.29, 0.717) is 5.56 Å². The van der Waals surface area contributed by atoms with Gasteiger partial charge in [0.15, 0.2) is 0 Å². The summed E-state index contributed by atoms with van der Waals surface area (Å²) in [6, 6.07) is 5.32. The van der Waals surface area contributed by atoms with Gasteiger partial charge in [0.2, 0.25) is 0 Å². The lowest BCUT2D eigenvalue weighted by Crippen LogP contribution is -2.39. The monoisotopic (exact) mass is 258 g/mol. The minimum absolute atomic E-state index is 0.0181. The Bertz CT molecular complexity index is 449. The van der Waals surface area contributed by atoms with E-state index in [1.54, 1.807) is 0 Å². The quantitative estimate of drug-likeness (QED) is 0.614. The number of nitrogens with zero attached hydrogens (tertiary/aromatic N) is 1. The normalized spacial score (nSPS) is 28.9. The van der Waals surface area contributed by atoms with Crippen molar-refractivity contribution in [2.24, 2.45) is 5.73 Å². The predicted molar refractivity (Wildman–Crippen MR) is 59.0 cm³/mol. The fourth-order valence-corrected chi connectivity index (χ4v) is 2.24. The molecule has 1 aromatic rings. The van der Waals surface area contributed by atoms with E-state index in [0.717, 1.165) is 0 Å². The molecule has 1 heterocycles. The summed E-state index contributed by atoms with van der Waals surface area (Å²) in [4.78, 5) is 9.99. The number of nitro benzene ring substituents is 1. The molecular weight excluding hydrogens is 248 g/mol. The van der Waals surface area contributed by atoms with Gasteiger partial charge in [0.25, 0.3) is 5.69 Å². The van der Waals surface area contributed by atoms with Crippen LogP contribution < -0.4 is 5.73 Å². The highest BCUT2D eigenvalue weighted by molar-refractivity contribution is 7.75. The van der Waals surface area contributed by atoms with Crippen LogP contribution >= 0.6 is 0 Å². The zero-order valence-electron chi connectivity index (χ0n) is 8.65. The molecule has 1 aromatic carbocycles. The lowest BCUT2D eigenvalue weighted by Gasteiger charge is -2.27. The lowest BCUT2D eigenvalue weighted by molar-refractivity contribution is -0.384. The van der Waals surface area contributed by atoms with E-state index in [4.69, 9.17) is 14.1 Å². The summed E-state index contributed by atoms with van der Waals surface area (Å²) in [5, 5.41) is 10.5. The fraction of sp³-hybridized carbons (Fsp3) is 0.333. The average Bonchev–Trinajstić information content (AvgIpc) is 2.32. The molecule has 2 N–H and O–H groups in total. The topological polar surface area (TPSA) is 105 Å². The number of hydrogen-bond acceptors (Lipinski definition) is 6. The van der Waals surface area contributed by atoms with Crippen LogP contribution in [0.5, 0.6) is 0 Å². The Labute approximate surface area is 99.5 Å². The molecule has 7 nitrogen and oxygen atoms in total. The van der Waals surface area contributed by atoms with E-state index in [9.17, 15) is 14.3 Å². The Morgan fingerprint density at radius 1 is 1.41 bits per heavy atom. The molecule has 0 amide bonds. The van der Waals surface area contributed by atoms with Gasteiger partial charge in [0, 0.05) is 12.1 Å². The van der Waals surface area contributed by atoms with Gasteiger partial charge < -0.3 is 5.73 Å². The van der Waals surface area contributed by atoms with Crippen LogP contribution in [0.3, 0.4) is 0 Å². The summed E-state index contributed by atoms with van der Waals surface area (Å²) >= 11 is -1.82. The van der Waals surface area contributed by atoms with E-state index in [-0.39, 0.29) is 12.3 Å². The van der Waals surface area contributed by atoms with Crippen molar-refractivity contribution in [2.45, 2.75) is 12.1 Å². The fourth-order valence-electron chi connectivity index (χ4n) is 1.49. The van der Waals surface area contributed by atoms with Crippen LogP contribution in [-0.2, 0) is 19.7 Å². The summed E-state index contributed by atoms with van der Waals surface area (Å²) < 4.78 is 20.8. The molecular formula is C9H10N2O5S. The maximum Gasteiger partial charge on any atom is 0.305 e. The molecule has 0 unspecified atom stereocenters. The van der Waals surface area contributed by atoms with E-state index < -0.39 is 28.4 Å². The van der Waals surface area contributed by atoms with Crippen molar-refractivity contribution in [3.63, 3.8) is 0 Å². The number of nitrogens with two attached hydrogens (primary N) is 1. The lowest BCUT2D eigenvalue weighted by atomic mass is 10.0. The van der Waals surface area contributed by atoms with E-state index in [1.807, 2.05) is 0 Å². The van der Waals surface area contributed by atoms with E-state index >= 15 is 0 Å². The molecule has 17 heavy (non-hydrogen) atoms. The van der Waals surface area contributed by atoms with Crippen molar-refractivity contribution in [3.05, 3.63) is 39.9 Å². The van der Waals surface area contributed by atoms with Crippen LogP contribution in [-0.4, -0.2) is 21.8 Å². The van der Waals surface area contributed by atoms with Gasteiger partial charge in [-0.2, -0.15) is 4.21 Å². The van der Waals surface area contributed by atoms with Crippen molar-refractivity contribution >= 4 is 17.0 Å². The minimum Gasteiger partial charge on any atom is -0.323 e. The maximum atomic E-state index is 11.1. The zero-order chi connectivity index (χ0) is 12.4. The first-order valence-electron chi connectivity index (χ1n) is 4.80. The summed E-state index contributed by atoms with van der Waals surface area (Å²) in [5.41, 5.74) is 6.37. The smallest absolute Gasteiger partial charge is 0.305 e. The molecule has 1 aliphatic rings. The van der Waals surface area contributed by atoms with Crippen LogP contribution in [0.4, 0.5) is 5.69 Å². The van der Waals surface area contributed by atoms with Crippen molar-refractivity contribution in [3.8, 4) is 0 Å². The Balaban J connectivity index is 2.21. The Kier molecular flexibility index (Phi) is 3.48. The van der Waals surface area contributed by atoms with Crippen molar-refractivity contribution in [1.82, 2.24) is 0 Å². The molecule has 3 atom stereocenters. The third kappa shape index (κ3) is 2.67. The first-order valence-corrected chi connectivity index (χ1v) is 5.80. The number of nitro groups is 1. The summed E-state index contributed by atoms with van der Waals surface area (Å²) in [6.45, 7) is 0.119. The van der Waals surface area contributed by atoms with Gasteiger partial charge >= 0.3 is 11.4 Å². The second-order valence-corrected chi connectivity index (χ2v) is 4.35. The molecule has 1 saturated heterocycles. The molecule has 0 radical (unpaired) electrons. The molecule has 92 valence electrons. The van der Waals surface area contributed by atoms with Gasteiger partial charge in [0.05, 0.1) is 17.6 Å². The van der Waals surface area contributed by atoms with Crippen LogP contribution in [0.25, 0.3) is 0 Å². The highest BCUT2D eigenvalue weighted by Crippen LogP contribution is 2.27. The predicted octanol–water partition coefficient (Wildman–Crippen LogP) is 0.589. The van der Waals surface area contributed by atoms with Crippen molar-refractivity contribution in [2.75, 3.05) is 6.61 Å². The SMILES string of the molecule is N[C@@H]1CO[S@](=O)O[C@@H]1c1ccc([N+](=O)[O-])cc1. The molecule has 0 saturated carbocycles. The largest absolute Gasteiger partial charge is 0.323 e. The Morgan fingerprint density at radius 3 is 2.65 bits per heavy atom. The number of hydrogen-bond donors (Lipinski definition) is 1. The summed E-state index contributed by atoms with van der Waals surface area (Å²) in [5.74, 6) is 0. The molecule has 0 aromatic heterocycles. The van der Waals surface area contributed by atoms with E-state index in [2.05, 4.69) is 0 Å². The molecule has 2 rings (SSSR count). The van der Waals surface area contributed by atoms with Crippen LogP contribution in [0.2, 0.25) is 0 Å². The molecule has 0 spiro atoms. The minimum atomic E-state index is -1.82.